The van der Waals surface area contributed by atoms with Gasteiger partial charge in [0.15, 0.2) is 0 Å². The van der Waals surface area contributed by atoms with Gasteiger partial charge in [-0.3, -0.25) is 4.55 Å². The molecule has 0 aromatic heterocycles. The van der Waals surface area contributed by atoms with Crippen LogP contribution in [0.5, 0.6) is 0 Å². The number of hydrogen-bond acceptors (Lipinski definition) is 8. The third-order valence-corrected chi connectivity index (χ3v) is 14.3. The molecule has 0 saturated heterocycles. The van der Waals surface area contributed by atoms with Gasteiger partial charge in [-0.25, -0.2) is 4.18 Å². The number of rotatable bonds is 20. The Kier molecular flexibility index (Phi) is 14.9. The summed E-state index contributed by atoms with van der Waals surface area (Å²) in [6.45, 7) is 17.4. The highest BCUT2D eigenvalue weighted by molar-refractivity contribution is 7.80. The molecule has 47 heavy (non-hydrogen) atoms. The summed E-state index contributed by atoms with van der Waals surface area (Å²) >= 11 is 0. The molecule has 4 rings (SSSR count). The molecule has 11 atom stereocenters. The summed E-state index contributed by atoms with van der Waals surface area (Å²) in [6.07, 6.45) is 15.0. The number of aliphatic hydroxyl groups is 1. The fourth-order valence-corrected chi connectivity index (χ4v) is 11.8. The standard InChI is InChI=1S/C37H72N4O5S/c1-26(2)34(46-47(43,44)45)13-10-27(3)30-11-12-31-35-32(15-17-37(30,31)5)36(4)16-14-29(24-28(36)25-33(35)42)41-23-9-22-40-20-7-6-19-39-21-8-18-38/h26-35,39-42H,6-25,38H2,1-5H3,(H,43,44,45)/t27-,28+,29+,30-,31?,32?,33+,34-,35?,36+,37-/m1/s1. The van der Waals surface area contributed by atoms with Crippen molar-refractivity contribution in [1.82, 2.24) is 16.0 Å². The van der Waals surface area contributed by atoms with Gasteiger partial charge in [-0.2, -0.15) is 8.42 Å². The molecule has 4 saturated carbocycles. The molecular weight excluding hydrogens is 612 g/mol. The molecule has 4 fully saturated rings. The van der Waals surface area contributed by atoms with Crippen molar-refractivity contribution in [3.05, 3.63) is 0 Å². The van der Waals surface area contributed by atoms with Gasteiger partial charge in [0.05, 0.1) is 12.2 Å². The number of aliphatic hydroxyl groups excluding tert-OH is 1. The number of unbranched alkanes of at least 4 members (excludes halogenated alkanes) is 1. The molecule has 0 heterocycles. The van der Waals surface area contributed by atoms with E-state index in [0.29, 0.717) is 53.4 Å². The van der Waals surface area contributed by atoms with E-state index in [4.69, 9.17) is 9.92 Å². The van der Waals surface area contributed by atoms with Crippen molar-refractivity contribution in [2.45, 2.75) is 143 Å². The predicted molar refractivity (Wildman–Crippen MR) is 191 cm³/mol. The van der Waals surface area contributed by atoms with Crippen LogP contribution in [0.2, 0.25) is 0 Å². The largest absolute Gasteiger partial charge is 0.397 e. The Hall–Kier alpha value is -0.330. The number of nitrogens with two attached hydrogens (primary N) is 1. The Labute approximate surface area is 288 Å². The molecule has 0 amide bonds. The zero-order valence-electron chi connectivity index (χ0n) is 30.5. The number of fused-ring (bicyclic) bond motifs is 5. The first-order chi connectivity index (χ1) is 22.3. The molecule has 4 aliphatic carbocycles. The van der Waals surface area contributed by atoms with Crippen LogP contribution in [-0.2, 0) is 14.6 Å². The normalized spacial score (nSPS) is 36.9. The second kappa shape index (κ2) is 17.7. The van der Waals surface area contributed by atoms with Crippen LogP contribution in [-0.4, -0.2) is 75.6 Å². The van der Waals surface area contributed by atoms with Gasteiger partial charge in [-0.05, 0) is 181 Å². The van der Waals surface area contributed by atoms with Crippen LogP contribution in [0.3, 0.4) is 0 Å². The van der Waals surface area contributed by atoms with Crippen molar-refractivity contribution in [1.29, 1.82) is 0 Å². The minimum atomic E-state index is -4.46. The summed E-state index contributed by atoms with van der Waals surface area (Å²) in [5.41, 5.74) is 6.08. The van der Waals surface area contributed by atoms with Crippen molar-refractivity contribution in [2.24, 2.45) is 58.0 Å². The smallest absolute Gasteiger partial charge is 0.393 e. The Bertz CT molecular complexity index is 1050. The SMILES string of the molecule is CC(C)[C@@H](CC[C@@H](C)[C@H]1CCC2C3C(CC[C@@]21C)[C@@]1(C)CC[C@H](NCCCNCCCCNCCCN)C[C@H]1C[C@@H]3O)OS(=O)(=O)O. The summed E-state index contributed by atoms with van der Waals surface area (Å²) in [5.74, 6) is 3.20. The second-order valence-electron chi connectivity index (χ2n) is 17.0. The summed E-state index contributed by atoms with van der Waals surface area (Å²) in [4.78, 5) is 0. The molecule has 9 nitrogen and oxygen atoms in total. The first-order valence-corrected chi connectivity index (χ1v) is 20.8. The summed E-state index contributed by atoms with van der Waals surface area (Å²) in [7, 11) is -4.46. The summed E-state index contributed by atoms with van der Waals surface area (Å²) in [6, 6.07) is 0.571. The maximum atomic E-state index is 11.8. The van der Waals surface area contributed by atoms with Gasteiger partial charge in [0.1, 0.15) is 0 Å². The average Bonchev–Trinajstić information content (AvgIpc) is 3.36. The van der Waals surface area contributed by atoms with Gasteiger partial charge in [0.2, 0.25) is 0 Å². The Morgan fingerprint density at radius 1 is 0.830 bits per heavy atom. The zero-order chi connectivity index (χ0) is 34.2. The van der Waals surface area contributed by atoms with Crippen molar-refractivity contribution in [2.75, 3.05) is 39.3 Å². The van der Waals surface area contributed by atoms with Gasteiger partial charge in [0.25, 0.3) is 0 Å². The minimum Gasteiger partial charge on any atom is -0.393 e. The maximum Gasteiger partial charge on any atom is 0.397 e. The lowest BCUT2D eigenvalue weighted by Gasteiger charge is -2.62. The highest BCUT2D eigenvalue weighted by atomic mass is 32.3. The third kappa shape index (κ3) is 10.1. The van der Waals surface area contributed by atoms with E-state index in [-0.39, 0.29) is 17.4 Å². The summed E-state index contributed by atoms with van der Waals surface area (Å²) in [5, 5.41) is 22.8. The monoisotopic (exact) mass is 685 g/mol. The van der Waals surface area contributed by atoms with E-state index in [1.807, 2.05) is 13.8 Å². The molecule has 0 aromatic carbocycles. The second-order valence-corrected chi connectivity index (χ2v) is 18.1. The Morgan fingerprint density at radius 2 is 1.47 bits per heavy atom. The van der Waals surface area contributed by atoms with Crippen LogP contribution >= 0.6 is 0 Å². The number of hydrogen-bond donors (Lipinski definition) is 6. The van der Waals surface area contributed by atoms with E-state index in [9.17, 15) is 18.1 Å². The molecule has 0 radical (unpaired) electrons. The Balaban J connectivity index is 1.23. The Morgan fingerprint density at radius 3 is 2.13 bits per heavy atom. The first-order valence-electron chi connectivity index (χ1n) is 19.5. The van der Waals surface area contributed by atoms with Crippen LogP contribution in [0, 0.1) is 52.3 Å². The van der Waals surface area contributed by atoms with Crippen LogP contribution in [0.25, 0.3) is 0 Å². The summed E-state index contributed by atoms with van der Waals surface area (Å²) < 4.78 is 37.2. The van der Waals surface area contributed by atoms with E-state index in [0.717, 1.165) is 65.0 Å². The molecule has 7 N–H and O–H groups in total. The zero-order valence-corrected chi connectivity index (χ0v) is 31.3. The fourth-order valence-electron chi connectivity index (χ4n) is 11.2. The molecule has 0 spiro atoms. The molecule has 0 bridgehead atoms. The lowest BCUT2D eigenvalue weighted by molar-refractivity contribution is -0.167. The molecule has 276 valence electrons. The fraction of sp³-hybridized carbons (Fsp3) is 1.00. The highest BCUT2D eigenvalue weighted by Gasteiger charge is 2.62. The molecule has 4 aliphatic rings. The predicted octanol–water partition coefficient (Wildman–Crippen LogP) is 5.53. The van der Waals surface area contributed by atoms with Crippen molar-refractivity contribution >= 4 is 10.4 Å². The van der Waals surface area contributed by atoms with Crippen LogP contribution < -0.4 is 21.7 Å². The molecule has 0 aliphatic heterocycles. The van der Waals surface area contributed by atoms with Crippen molar-refractivity contribution in [3.63, 3.8) is 0 Å². The van der Waals surface area contributed by atoms with E-state index in [2.05, 4.69) is 36.7 Å². The van der Waals surface area contributed by atoms with Crippen LogP contribution in [0.15, 0.2) is 0 Å². The van der Waals surface area contributed by atoms with Gasteiger partial charge in [-0.15, -0.1) is 0 Å². The van der Waals surface area contributed by atoms with Gasteiger partial charge < -0.3 is 26.8 Å². The van der Waals surface area contributed by atoms with E-state index in [1.165, 1.54) is 57.8 Å². The van der Waals surface area contributed by atoms with E-state index < -0.39 is 16.5 Å². The lowest BCUT2D eigenvalue weighted by atomic mass is 9.43. The van der Waals surface area contributed by atoms with Crippen LogP contribution in [0.1, 0.15) is 125 Å². The molecular formula is C37H72N4O5S. The quantitative estimate of drug-likeness (QED) is 0.0720. The van der Waals surface area contributed by atoms with Crippen molar-refractivity contribution in [3.8, 4) is 0 Å². The van der Waals surface area contributed by atoms with Gasteiger partial charge >= 0.3 is 10.4 Å². The molecule has 3 unspecified atom stereocenters. The third-order valence-electron chi connectivity index (χ3n) is 13.8. The van der Waals surface area contributed by atoms with Gasteiger partial charge in [0, 0.05) is 6.04 Å². The maximum absolute atomic E-state index is 11.8. The van der Waals surface area contributed by atoms with Crippen LogP contribution in [0.4, 0.5) is 0 Å². The molecule has 10 heteroatoms. The topological polar surface area (TPSA) is 146 Å². The molecule has 0 aromatic rings. The first kappa shape index (κ1) is 39.5. The number of nitrogens with one attached hydrogen (secondary N) is 3. The van der Waals surface area contributed by atoms with E-state index >= 15 is 0 Å². The average molecular weight is 685 g/mol. The highest BCUT2D eigenvalue weighted by Crippen LogP contribution is 2.68. The lowest BCUT2D eigenvalue weighted by Crippen LogP contribution is -2.59. The van der Waals surface area contributed by atoms with Gasteiger partial charge in [-0.1, -0.05) is 34.6 Å². The van der Waals surface area contributed by atoms with Crippen molar-refractivity contribution < 1.29 is 22.3 Å². The van der Waals surface area contributed by atoms with E-state index in [1.54, 1.807) is 0 Å². The minimum absolute atomic E-state index is 0.0137.